The molecule has 2 rings (SSSR count). The van der Waals surface area contributed by atoms with Crippen molar-refractivity contribution >= 4 is 5.82 Å². The second-order valence-corrected chi connectivity index (χ2v) is 3.56. The molecule has 1 saturated heterocycles. The third-order valence-corrected chi connectivity index (χ3v) is 2.46. The summed E-state index contributed by atoms with van der Waals surface area (Å²) in [6.07, 6.45) is 3.60. The summed E-state index contributed by atoms with van der Waals surface area (Å²) < 4.78 is 1.49. The number of hydrogen-bond donors (Lipinski definition) is 1. The number of aliphatic hydroxyl groups is 1. The number of rotatable bonds is 1. The Labute approximate surface area is 81.6 Å². The molecule has 2 heterocycles. The summed E-state index contributed by atoms with van der Waals surface area (Å²) in [7, 11) is 1.69. The minimum Gasteiger partial charge on any atom is -0.391 e. The molecule has 0 aromatic carbocycles. The fourth-order valence-electron chi connectivity index (χ4n) is 1.64. The molecule has 1 aromatic heterocycles. The number of hydrogen-bond acceptors (Lipinski definition) is 4. The fraction of sp³-hybridized carbons (Fsp3) is 0.556. The summed E-state index contributed by atoms with van der Waals surface area (Å²) in [6.45, 7) is 1.21. The fourth-order valence-corrected chi connectivity index (χ4v) is 1.64. The van der Waals surface area contributed by atoms with Gasteiger partial charge in [-0.05, 0) is 6.42 Å². The minimum atomic E-state index is -0.332. The highest BCUT2D eigenvalue weighted by molar-refractivity contribution is 5.37. The second kappa shape index (κ2) is 3.42. The molecule has 1 aromatic rings. The Morgan fingerprint density at radius 1 is 1.64 bits per heavy atom. The number of nitrogens with zero attached hydrogens (tertiary/aromatic N) is 3. The van der Waals surface area contributed by atoms with E-state index in [1.165, 1.54) is 4.57 Å². The van der Waals surface area contributed by atoms with Crippen LogP contribution < -0.4 is 10.5 Å². The van der Waals surface area contributed by atoms with Gasteiger partial charge in [-0.15, -0.1) is 0 Å². The zero-order valence-corrected chi connectivity index (χ0v) is 8.05. The molecule has 1 atom stereocenters. The molecule has 0 spiro atoms. The smallest absolute Gasteiger partial charge is 0.293 e. The summed E-state index contributed by atoms with van der Waals surface area (Å²) in [5.41, 5.74) is -0.110. The third kappa shape index (κ3) is 1.50. The molecule has 1 unspecified atom stereocenters. The summed E-state index contributed by atoms with van der Waals surface area (Å²) in [5.74, 6) is 0.437. The highest BCUT2D eigenvalue weighted by Gasteiger charge is 2.23. The van der Waals surface area contributed by atoms with E-state index in [1.807, 2.05) is 4.90 Å². The van der Waals surface area contributed by atoms with Gasteiger partial charge in [-0.3, -0.25) is 4.79 Å². The lowest BCUT2D eigenvalue weighted by atomic mass is 10.3. The van der Waals surface area contributed by atoms with Crippen molar-refractivity contribution in [3.8, 4) is 0 Å². The number of anilines is 1. The first kappa shape index (κ1) is 9.21. The molecule has 1 fully saturated rings. The van der Waals surface area contributed by atoms with E-state index in [-0.39, 0.29) is 11.7 Å². The van der Waals surface area contributed by atoms with Gasteiger partial charge in [-0.1, -0.05) is 0 Å². The minimum absolute atomic E-state index is 0.110. The van der Waals surface area contributed by atoms with E-state index in [1.54, 1.807) is 19.4 Å². The van der Waals surface area contributed by atoms with E-state index in [4.69, 9.17) is 0 Å². The molecule has 1 aliphatic rings. The first-order valence-corrected chi connectivity index (χ1v) is 4.63. The topological polar surface area (TPSA) is 58.4 Å². The maximum Gasteiger partial charge on any atom is 0.293 e. The summed E-state index contributed by atoms with van der Waals surface area (Å²) in [5, 5.41) is 9.34. The number of aryl methyl sites for hydroxylation is 1. The molecule has 1 aliphatic heterocycles. The van der Waals surface area contributed by atoms with Crippen molar-refractivity contribution in [3.05, 3.63) is 22.7 Å². The van der Waals surface area contributed by atoms with Crippen molar-refractivity contribution < 1.29 is 5.11 Å². The SMILES string of the molecule is Cn1ccnc(N2CCC(O)C2)c1=O. The number of aliphatic hydroxyl groups excluding tert-OH is 1. The van der Waals surface area contributed by atoms with Gasteiger partial charge < -0.3 is 14.6 Å². The van der Waals surface area contributed by atoms with E-state index in [2.05, 4.69) is 4.98 Å². The Kier molecular flexibility index (Phi) is 2.25. The molecule has 14 heavy (non-hydrogen) atoms. The van der Waals surface area contributed by atoms with Gasteiger partial charge in [0.1, 0.15) is 0 Å². The van der Waals surface area contributed by atoms with E-state index >= 15 is 0 Å². The van der Waals surface area contributed by atoms with Gasteiger partial charge in [0.2, 0.25) is 0 Å². The molecular weight excluding hydrogens is 182 g/mol. The van der Waals surface area contributed by atoms with Gasteiger partial charge in [0.25, 0.3) is 5.56 Å². The molecular formula is C9H13N3O2. The Morgan fingerprint density at radius 3 is 3.07 bits per heavy atom. The lowest BCUT2D eigenvalue weighted by Crippen LogP contribution is -2.31. The molecule has 0 radical (unpaired) electrons. The van der Waals surface area contributed by atoms with Crippen LogP contribution in [-0.2, 0) is 7.05 Å². The Hall–Kier alpha value is -1.36. The predicted octanol–water partition coefficient (Wildman–Crippen LogP) is -0.649. The maximum absolute atomic E-state index is 11.6. The highest BCUT2D eigenvalue weighted by Crippen LogP contribution is 2.13. The van der Waals surface area contributed by atoms with E-state index in [9.17, 15) is 9.90 Å². The van der Waals surface area contributed by atoms with Gasteiger partial charge in [0.15, 0.2) is 5.82 Å². The van der Waals surface area contributed by atoms with Crippen LogP contribution in [0.15, 0.2) is 17.2 Å². The van der Waals surface area contributed by atoms with Gasteiger partial charge in [-0.2, -0.15) is 0 Å². The van der Waals surface area contributed by atoms with Crippen LogP contribution in [0.4, 0.5) is 5.82 Å². The molecule has 0 saturated carbocycles. The van der Waals surface area contributed by atoms with Crippen LogP contribution in [0.2, 0.25) is 0 Å². The van der Waals surface area contributed by atoms with Crippen molar-refractivity contribution in [3.63, 3.8) is 0 Å². The van der Waals surface area contributed by atoms with Gasteiger partial charge >= 0.3 is 0 Å². The molecule has 0 aliphatic carbocycles. The quantitative estimate of drug-likeness (QED) is 0.647. The van der Waals surface area contributed by atoms with Crippen LogP contribution >= 0.6 is 0 Å². The number of β-amino-alcohol motifs (C(OH)–C–C–N with tert-alkyl or cyclic N) is 1. The van der Waals surface area contributed by atoms with Crippen LogP contribution in [0.5, 0.6) is 0 Å². The number of aromatic nitrogens is 2. The molecule has 0 bridgehead atoms. The largest absolute Gasteiger partial charge is 0.391 e. The van der Waals surface area contributed by atoms with Crippen LogP contribution in [0, 0.1) is 0 Å². The maximum atomic E-state index is 11.6. The summed E-state index contributed by atoms with van der Waals surface area (Å²) in [6, 6.07) is 0. The van der Waals surface area contributed by atoms with E-state index in [0.717, 1.165) is 0 Å². The van der Waals surface area contributed by atoms with E-state index in [0.29, 0.717) is 25.3 Å². The Morgan fingerprint density at radius 2 is 2.43 bits per heavy atom. The molecule has 5 nitrogen and oxygen atoms in total. The monoisotopic (exact) mass is 195 g/mol. The summed E-state index contributed by atoms with van der Waals surface area (Å²) >= 11 is 0. The van der Waals surface area contributed by atoms with Gasteiger partial charge in [0.05, 0.1) is 6.10 Å². The van der Waals surface area contributed by atoms with Crippen molar-refractivity contribution in [1.82, 2.24) is 9.55 Å². The average molecular weight is 195 g/mol. The van der Waals surface area contributed by atoms with Gasteiger partial charge in [0, 0.05) is 32.5 Å². The lowest BCUT2D eigenvalue weighted by molar-refractivity contribution is 0.198. The molecule has 76 valence electrons. The average Bonchev–Trinajstić information content (AvgIpc) is 2.57. The van der Waals surface area contributed by atoms with Crippen molar-refractivity contribution in [2.75, 3.05) is 18.0 Å². The lowest BCUT2D eigenvalue weighted by Gasteiger charge is -2.15. The second-order valence-electron chi connectivity index (χ2n) is 3.56. The van der Waals surface area contributed by atoms with Crippen molar-refractivity contribution in [2.45, 2.75) is 12.5 Å². The zero-order valence-electron chi connectivity index (χ0n) is 8.05. The normalized spacial score (nSPS) is 21.6. The van der Waals surface area contributed by atoms with Gasteiger partial charge in [-0.25, -0.2) is 4.98 Å². The van der Waals surface area contributed by atoms with E-state index < -0.39 is 0 Å². The van der Waals surface area contributed by atoms with Crippen LogP contribution in [0.25, 0.3) is 0 Å². The Balaban J connectivity index is 2.33. The molecule has 1 N–H and O–H groups in total. The highest BCUT2D eigenvalue weighted by atomic mass is 16.3. The van der Waals surface area contributed by atoms with Crippen molar-refractivity contribution in [2.24, 2.45) is 7.05 Å². The Bertz CT molecular complexity index is 388. The standard InChI is InChI=1S/C9H13N3O2/c1-11-5-3-10-8(9(11)14)12-4-2-7(13)6-12/h3,5,7,13H,2,4,6H2,1H3. The zero-order chi connectivity index (χ0) is 10.1. The third-order valence-electron chi connectivity index (χ3n) is 2.46. The summed E-state index contributed by atoms with van der Waals surface area (Å²) in [4.78, 5) is 17.5. The first-order valence-electron chi connectivity index (χ1n) is 4.63. The van der Waals surface area contributed by atoms with Crippen LogP contribution in [0.1, 0.15) is 6.42 Å². The molecule has 5 heteroatoms. The van der Waals surface area contributed by atoms with Crippen LogP contribution in [-0.4, -0.2) is 33.9 Å². The predicted molar refractivity (Wildman–Crippen MR) is 52.3 cm³/mol. The van der Waals surface area contributed by atoms with Crippen LogP contribution in [0.3, 0.4) is 0 Å². The first-order chi connectivity index (χ1) is 6.68. The van der Waals surface area contributed by atoms with Crippen molar-refractivity contribution in [1.29, 1.82) is 0 Å². The molecule has 0 amide bonds.